The van der Waals surface area contributed by atoms with Crippen LogP contribution in [0.25, 0.3) is 0 Å². The van der Waals surface area contributed by atoms with Gasteiger partial charge in [-0.2, -0.15) is 10.2 Å². The van der Waals surface area contributed by atoms with Crippen molar-refractivity contribution in [1.29, 1.82) is 0 Å². The molecule has 1 unspecified atom stereocenters. The lowest BCUT2D eigenvalue weighted by atomic mass is 10.0. The van der Waals surface area contributed by atoms with Gasteiger partial charge in [-0.1, -0.05) is 0 Å². The van der Waals surface area contributed by atoms with E-state index in [4.69, 9.17) is 11.2 Å². The number of benzene rings is 1. The Kier molecular flexibility index (Phi) is 5.80. The number of amides is 1. The van der Waals surface area contributed by atoms with Crippen molar-refractivity contribution in [1.82, 2.24) is 5.32 Å². The van der Waals surface area contributed by atoms with Gasteiger partial charge < -0.3 is 15.2 Å². The molecule has 0 fully saturated rings. The first-order chi connectivity index (χ1) is 11.5. The average molecular weight is 329 g/mol. The maximum Gasteiger partial charge on any atom is 0.220 e. The van der Waals surface area contributed by atoms with Gasteiger partial charge in [-0.25, -0.2) is 0 Å². The summed E-state index contributed by atoms with van der Waals surface area (Å²) in [6, 6.07) is 4.95. The molecule has 0 radical (unpaired) electrons. The number of phenols is 1. The third-order valence-corrected chi connectivity index (χ3v) is 4.03. The molecule has 1 aliphatic heterocycles. The van der Waals surface area contributed by atoms with Crippen LogP contribution < -0.4 is 10.1 Å². The standard InChI is InChI=1S/C18H23N3O3/c1-4-5-9-18(20-21-18)10-8-17(23)19-13(2)11-14-12-15(24-3)6-7-16(14)22/h1,6-7,12-13,22H,5,8-11H2,2-3H3,(H,19,23). The maximum absolute atomic E-state index is 12.1. The van der Waals surface area contributed by atoms with Crippen LogP contribution in [0.1, 0.15) is 38.2 Å². The molecule has 1 atom stereocenters. The number of aromatic hydroxyl groups is 1. The summed E-state index contributed by atoms with van der Waals surface area (Å²) in [5.41, 5.74) is 0.303. The molecule has 0 saturated heterocycles. The molecule has 1 heterocycles. The molecule has 2 N–H and O–H groups in total. The Morgan fingerprint density at radius 1 is 1.46 bits per heavy atom. The van der Waals surface area contributed by atoms with Crippen molar-refractivity contribution in [3.63, 3.8) is 0 Å². The third-order valence-electron chi connectivity index (χ3n) is 4.03. The smallest absolute Gasteiger partial charge is 0.220 e. The number of phenolic OH excluding ortho intramolecular Hbond substituents is 1. The second-order valence-corrected chi connectivity index (χ2v) is 6.05. The average Bonchev–Trinajstić information content (AvgIpc) is 3.33. The second kappa shape index (κ2) is 7.82. The summed E-state index contributed by atoms with van der Waals surface area (Å²) in [4.78, 5) is 12.1. The fourth-order valence-electron chi connectivity index (χ4n) is 2.56. The van der Waals surface area contributed by atoms with Crippen molar-refractivity contribution < 1.29 is 14.6 Å². The monoisotopic (exact) mass is 329 g/mol. The normalized spacial score (nSPS) is 15.4. The Labute approximate surface area is 142 Å². The first kappa shape index (κ1) is 17.8. The van der Waals surface area contributed by atoms with Crippen molar-refractivity contribution in [2.24, 2.45) is 10.2 Å². The molecule has 0 aliphatic carbocycles. The highest BCUT2D eigenvalue weighted by Crippen LogP contribution is 2.37. The van der Waals surface area contributed by atoms with Gasteiger partial charge in [-0.15, -0.1) is 12.3 Å². The van der Waals surface area contributed by atoms with E-state index in [1.807, 2.05) is 6.92 Å². The lowest BCUT2D eigenvalue weighted by Crippen LogP contribution is -2.34. The number of hydrogen-bond acceptors (Lipinski definition) is 5. The van der Waals surface area contributed by atoms with Crippen LogP contribution in [0.3, 0.4) is 0 Å². The molecule has 1 aromatic carbocycles. The molecular formula is C18H23N3O3. The minimum atomic E-state index is -0.433. The zero-order valence-corrected chi connectivity index (χ0v) is 14.1. The zero-order valence-electron chi connectivity index (χ0n) is 14.1. The van der Waals surface area contributed by atoms with Crippen molar-refractivity contribution in [2.45, 2.75) is 50.7 Å². The van der Waals surface area contributed by atoms with Crippen molar-refractivity contribution in [3.8, 4) is 23.8 Å². The topological polar surface area (TPSA) is 83.3 Å². The maximum atomic E-state index is 12.1. The van der Waals surface area contributed by atoms with Crippen LogP contribution in [0, 0.1) is 12.3 Å². The second-order valence-electron chi connectivity index (χ2n) is 6.05. The van der Waals surface area contributed by atoms with E-state index in [1.165, 1.54) is 0 Å². The number of nitrogens with one attached hydrogen (secondary N) is 1. The van der Waals surface area contributed by atoms with Crippen LogP contribution in [-0.4, -0.2) is 29.8 Å². The Bertz CT molecular complexity index is 658. The van der Waals surface area contributed by atoms with Gasteiger partial charge >= 0.3 is 0 Å². The Morgan fingerprint density at radius 2 is 2.21 bits per heavy atom. The van der Waals surface area contributed by atoms with E-state index in [0.717, 1.165) is 5.56 Å². The summed E-state index contributed by atoms with van der Waals surface area (Å²) in [7, 11) is 1.57. The summed E-state index contributed by atoms with van der Waals surface area (Å²) >= 11 is 0. The molecule has 24 heavy (non-hydrogen) atoms. The van der Waals surface area contributed by atoms with E-state index >= 15 is 0 Å². The Hall–Kier alpha value is -2.55. The van der Waals surface area contributed by atoms with Crippen LogP contribution >= 0.6 is 0 Å². The van der Waals surface area contributed by atoms with Gasteiger partial charge in [0.2, 0.25) is 5.91 Å². The minimum Gasteiger partial charge on any atom is -0.508 e. The number of rotatable bonds is 9. The van der Waals surface area contributed by atoms with Gasteiger partial charge in [0.1, 0.15) is 11.5 Å². The number of terminal acetylenes is 1. The van der Waals surface area contributed by atoms with Crippen molar-refractivity contribution in [2.75, 3.05) is 7.11 Å². The van der Waals surface area contributed by atoms with Gasteiger partial charge in [-0.3, -0.25) is 4.79 Å². The highest BCUT2D eigenvalue weighted by Gasteiger charge is 2.39. The molecule has 0 saturated carbocycles. The first-order valence-corrected chi connectivity index (χ1v) is 8.01. The van der Waals surface area contributed by atoms with Gasteiger partial charge in [0.05, 0.1) is 7.11 Å². The summed E-state index contributed by atoms with van der Waals surface area (Å²) in [5.74, 6) is 3.39. The van der Waals surface area contributed by atoms with Gasteiger partial charge in [0.25, 0.3) is 0 Å². The summed E-state index contributed by atoms with van der Waals surface area (Å²) in [5, 5.41) is 20.9. The predicted molar refractivity (Wildman–Crippen MR) is 90.9 cm³/mol. The highest BCUT2D eigenvalue weighted by molar-refractivity contribution is 5.76. The summed E-state index contributed by atoms with van der Waals surface area (Å²) in [6.07, 6.45) is 8.01. The molecule has 0 bridgehead atoms. The number of methoxy groups -OCH3 is 1. The van der Waals surface area contributed by atoms with Crippen LogP contribution in [0.2, 0.25) is 0 Å². The van der Waals surface area contributed by atoms with Crippen molar-refractivity contribution >= 4 is 5.91 Å². The molecular weight excluding hydrogens is 306 g/mol. The number of ether oxygens (including phenoxy) is 1. The number of carbonyl (C=O) groups is 1. The molecule has 1 aliphatic rings. The SMILES string of the molecule is C#CCCC1(CCC(=O)NC(C)Cc2cc(OC)ccc2O)N=N1. The molecule has 6 heteroatoms. The molecule has 6 nitrogen and oxygen atoms in total. The summed E-state index contributed by atoms with van der Waals surface area (Å²) in [6.45, 7) is 1.90. The molecule has 0 aromatic heterocycles. The highest BCUT2D eigenvalue weighted by atomic mass is 16.5. The quantitative estimate of drug-likeness (QED) is 0.683. The Morgan fingerprint density at radius 3 is 2.83 bits per heavy atom. The van der Waals surface area contributed by atoms with E-state index in [9.17, 15) is 9.90 Å². The van der Waals surface area contributed by atoms with E-state index in [0.29, 0.717) is 37.9 Å². The lowest BCUT2D eigenvalue weighted by Gasteiger charge is -2.16. The fraction of sp³-hybridized carbons (Fsp3) is 0.500. The fourth-order valence-corrected chi connectivity index (χ4v) is 2.56. The predicted octanol–water partition coefficient (Wildman–Crippen LogP) is 2.80. The largest absolute Gasteiger partial charge is 0.508 e. The molecule has 128 valence electrons. The molecule has 2 rings (SSSR count). The zero-order chi connectivity index (χ0) is 17.6. The number of carbonyl (C=O) groups excluding carboxylic acids is 1. The minimum absolute atomic E-state index is 0.0535. The number of hydrogen-bond donors (Lipinski definition) is 2. The molecule has 1 aromatic rings. The van der Waals surface area contributed by atoms with Crippen molar-refractivity contribution in [3.05, 3.63) is 23.8 Å². The lowest BCUT2D eigenvalue weighted by molar-refractivity contribution is -0.121. The van der Waals surface area contributed by atoms with Crippen LogP contribution in [-0.2, 0) is 11.2 Å². The van der Waals surface area contributed by atoms with Gasteiger partial charge in [0, 0.05) is 31.7 Å². The van der Waals surface area contributed by atoms with E-state index in [1.54, 1.807) is 25.3 Å². The first-order valence-electron chi connectivity index (χ1n) is 8.01. The third kappa shape index (κ3) is 4.98. The molecule has 0 spiro atoms. The number of nitrogens with zero attached hydrogens (tertiary/aromatic N) is 2. The van der Waals surface area contributed by atoms with E-state index < -0.39 is 5.66 Å². The van der Waals surface area contributed by atoms with Crippen LogP contribution in [0.5, 0.6) is 11.5 Å². The van der Waals surface area contributed by atoms with Crippen LogP contribution in [0.15, 0.2) is 28.4 Å². The summed E-state index contributed by atoms with van der Waals surface area (Å²) < 4.78 is 5.15. The van der Waals surface area contributed by atoms with Gasteiger partial charge in [-0.05, 0) is 37.1 Å². The molecule has 1 amide bonds. The Balaban J connectivity index is 1.79. The van der Waals surface area contributed by atoms with E-state index in [2.05, 4.69) is 21.5 Å². The van der Waals surface area contributed by atoms with Crippen LogP contribution in [0.4, 0.5) is 0 Å². The van der Waals surface area contributed by atoms with Gasteiger partial charge in [0.15, 0.2) is 5.66 Å². The van der Waals surface area contributed by atoms with E-state index in [-0.39, 0.29) is 17.7 Å².